The van der Waals surface area contributed by atoms with E-state index in [9.17, 15) is 9.59 Å². The third-order valence-electron chi connectivity index (χ3n) is 4.67. The summed E-state index contributed by atoms with van der Waals surface area (Å²) in [6.07, 6.45) is 0. The van der Waals surface area contributed by atoms with E-state index in [0.717, 1.165) is 11.1 Å². The zero-order valence-corrected chi connectivity index (χ0v) is 13.1. The van der Waals surface area contributed by atoms with E-state index in [-0.39, 0.29) is 11.6 Å². The summed E-state index contributed by atoms with van der Waals surface area (Å²) in [5.74, 6) is -0.914. The molecule has 0 saturated heterocycles. The van der Waals surface area contributed by atoms with Crippen molar-refractivity contribution in [2.75, 3.05) is 0 Å². The van der Waals surface area contributed by atoms with Crippen LogP contribution in [0.15, 0.2) is 84.9 Å². The lowest BCUT2D eigenvalue weighted by Gasteiger charge is -2.31. The predicted molar refractivity (Wildman–Crippen MR) is 93.5 cm³/mol. The van der Waals surface area contributed by atoms with E-state index < -0.39 is 11.8 Å². The molecule has 4 rings (SSSR count). The maximum Gasteiger partial charge on any atom is 0.172 e. The lowest BCUT2D eigenvalue weighted by molar-refractivity contribution is 0.0838. The van der Waals surface area contributed by atoms with Crippen molar-refractivity contribution in [3.63, 3.8) is 0 Å². The number of ketones is 2. The van der Waals surface area contributed by atoms with Crippen LogP contribution in [0.5, 0.6) is 0 Å². The molecular formula is C22H16O2. The molecule has 0 bridgehead atoms. The van der Waals surface area contributed by atoms with Gasteiger partial charge in [0, 0.05) is 11.1 Å². The van der Waals surface area contributed by atoms with Crippen molar-refractivity contribution < 1.29 is 9.59 Å². The Morgan fingerprint density at radius 1 is 0.458 bits per heavy atom. The van der Waals surface area contributed by atoms with E-state index in [2.05, 4.69) is 0 Å². The number of fused-ring (bicyclic) bond motifs is 1. The molecule has 0 saturated carbocycles. The Kier molecular flexibility index (Phi) is 3.58. The minimum Gasteiger partial charge on any atom is -0.293 e. The normalized spacial score (nSPS) is 19.8. The number of hydrogen-bond donors (Lipinski definition) is 0. The topological polar surface area (TPSA) is 34.1 Å². The second kappa shape index (κ2) is 5.89. The van der Waals surface area contributed by atoms with Crippen LogP contribution in [0.25, 0.3) is 0 Å². The molecule has 3 aromatic carbocycles. The highest BCUT2D eigenvalue weighted by atomic mass is 16.1. The standard InChI is InChI=1S/C22H16O2/c23-21-17-13-7-8-14-18(17)22(24)20(16-11-5-2-6-12-16)19(21)15-9-3-1-4-10-15/h1-14,19-20H. The van der Waals surface area contributed by atoms with Gasteiger partial charge in [-0.3, -0.25) is 9.59 Å². The molecule has 2 nitrogen and oxygen atoms in total. The first kappa shape index (κ1) is 14.6. The highest BCUT2D eigenvalue weighted by Crippen LogP contribution is 2.42. The van der Waals surface area contributed by atoms with Crippen molar-refractivity contribution in [2.24, 2.45) is 0 Å². The lowest BCUT2D eigenvalue weighted by Crippen LogP contribution is -2.33. The third-order valence-corrected chi connectivity index (χ3v) is 4.67. The Balaban J connectivity index is 1.94. The summed E-state index contributed by atoms with van der Waals surface area (Å²) in [6, 6.07) is 26.4. The van der Waals surface area contributed by atoms with Gasteiger partial charge >= 0.3 is 0 Å². The van der Waals surface area contributed by atoms with Crippen LogP contribution < -0.4 is 0 Å². The summed E-state index contributed by atoms with van der Waals surface area (Å²) in [7, 11) is 0. The van der Waals surface area contributed by atoms with E-state index in [1.165, 1.54) is 0 Å². The van der Waals surface area contributed by atoms with Crippen LogP contribution in [0.1, 0.15) is 43.7 Å². The largest absolute Gasteiger partial charge is 0.293 e. The summed E-state index contributed by atoms with van der Waals surface area (Å²) < 4.78 is 0. The zero-order valence-electron chi connectivity index (χ0n) is 13.1. The average Bonchev–Trinajstić information content (AvgIpc) is 2.66. The first-order valence-corrected chi connectivity index (χ1v) is 8.04. The summed E-state index contributed by atoms with van der Waals surface area (Å²) >= 11 is 0. The van der Waals surface area contributed by atoms with E-state index in [4.69, 9.17) is 0 Å². The summed E-state index contributed by atoms with van der Waals surface area (Å²) in [4.78, 5) is 26.4. The molecule has 2 heteroatoms. The number of benzene rings is 3. The fraction of sp³-hybridized carbons (Fsp3) is 0.0909. The molecule has 0 fully saturated rings. The highest BCUT2D eigenvalue weighted by Gasteiger charge is 2.42. The van der Waals surface area contributed by atoms with Gasteiger partial charge in [-0.1, -0.05) is 84.9 Å². The van der Waals surface area contributed by atoms with Gasteiger partial charge in [-0.2, -0.15) is 0 Å². The van der Waals surface area contributed by atoms with E-state index >= 15 is 0 Å². The number of Topliss-reactive ketones (excluding diaryl/α,β-unsaturated/α-hetero) is 2. The number of rotatable bonds is 2. The van der Waals surface area contributed by atoms with Gasteiger partial charge in [0.05, 0.1) is 11.8 Å². The molecule has 2 atom stereocenters. The van der Waals surface area contributed by atoms with Crippen molar-refractivity contribution in [1.82, 2.24) is 0 Å². The molecule has 2 unspecified atom stereocenters. The second-order valence-electron chi connectivity index (χ2n) is 6.05. The molecule has 0 aromatic heterocycles. The number of carbonyl (C=O) groups is 2. The molecule has 116 valence electrons. The van der Waals surface area contributed by atoms with Gasteiger partial charge in [0.2, 0.25) is 0 Å². The monoisotopic (exact) mass is 312 g/mol. The molecule has 0 radical (unpaired) electrons. The first-order valence-electron chi connectivity index (χ1n) is 8.04. The number of hydrogen-bond acceptors (Lipinski definition) is 2. The van der Waals surface area contributed by atoms with Crippen molar-refractivity contribution in [3.8, 4) is 0 Å². The Bertz CT molecular complexity index is 821. The van der Waals surface area contributed by atoms with Crippen molar-refractivity contribution in [1.29, 1.82) is 0 Å². The highest BCUT2D eigenvalue weighted by molar-refractivity contribution is 6.19. The fourth-order valence-corrected chi connectivity index (χ4v) is 3.56. The Hall–Kier alpha value is -3.00. The molecule has 24 heavy (non-hydrogen) atoms. The summed E-state index contributed by atoms with van der Waals surface area (Å²) in [5.41, 5.74) is 2.84. The Labute approximate surface area is 140 Å². The minimum absolute atomic E-state index is 0.0188. The van der Waals surface area contributed by atoms with Gasteiger partial charge in [-0.05, 0) is 11.1 Å². The summed E-state index contributed by atoms with van der Waals surface area (Å²) in [5, 5.41) is 0. The molecule has 0 heterocycles. The third kappa shape index (κ3) is 2.28. The SMILES string of the molecule is O=C1c2ccccc2C(=O)C(c2ccccc2)C1c1ccccc1. The molecule has 0 spiro atoms. The van der Waals surface area contributed by atoms with Gasteiger partial charge < -0.3 is 0 Å². The van der Waals surface area contributed by atoms with Crippen LogP contribution in [0, 0.1) is 0 Å². The van der Waals surface area contributed by atoms with Gasteiger partial charge in [0.25, 0.3) is 0 Å². The molecule has 0 N–H and O–H groups in total. The molecule has 0 amide bonds. The fourth-order valence-electron chi connectivity index (χ4n) is 3.56. The molecule has 3 aromatic rings. The van der Waals surface area contributed by atoms with Crippen LogP contribution in [0.4, 0.5) is 0 Å². The van der Waals surface area contributed by atoms with Crippen LogP contribution in [0.3, 0.4) is 0 Å². The van der Waals surface area contributed by atoms with Crippen LogP contribution in [-0.2, 0) is 0 Å². The molecule has 1 aliphatic carbocycles. The van der Waals surface area contributed by atoms with Crippen molar-refractivity contribution in [3.05, 3.63) is 107 Å². The maximum absolute atomic E-state index is 13.2. The van der Waals surface area contributed by atoms with Gasteiger partial charge in [-0.15, -0.1) is 0 Å². The van der Waals surface area contributed by atoms with Crippen LogP contribution >= 0.6 is 0 Å². The van der Waals surface area contributed by atoms with Gasteiger partial charge in [0.15, 0.2) is 11.6 Å². The average molecular weight is 312 g/mol. The summed E-state index contributed by atoms with van der Waals surface area (Å²) in [6.45, 7) is 0. The van der Waals surface area contributed by atoms with Crippen LogP contribution in [0.2, 0.25) is 0 Å². The first-order chi connectivity index (χ1) is 11.8. The van der Waals surface area contributed by atoms with Crippen LogP contribution in [-0.4, -0.2) is 11.6 Å². The Morgan fingerprint density at radius 2 is 0.792 bits per heavy atom. The molecular weight excluding hydrogens is 296 g/mol. The Morgan fingerprint density at radius 3 is 1.17 bits per heavy atom. The van der Waals surface area contributed by atoms with Gasteiger partial charge in [-0.25, -0.2) is 0 Å². The quantitative estimate of drug-likeness (QED) is 0.691. The second-order valence-corrected chi connectivity index (χ2v) is 6.05. The number of carbonyl (C=O) groups excluding carboxylic acids is 2. The minimum atomic E-state index is -0.476. The molecule has 0 aliphatic heterocycles. The maximum atomic E-state index is 13.2. The van der Waals surface area contributed by atoms with E-state index in [0.29, 0.717) is 11.1 Å². The van der Waals surface area contributed by atoms with E-state index in [1.807, 2.05) is 72.8 Å². The van der Waals surface area contributed by atoms with Crippen molar-refractivity contribution >= 4 is 11.6 Å². The smallest absolute Gasteiger partial charge is 0.172 e. The zero-order chi connectivity index (χ0) is 16.5. The van der Waals surface area contributed by atoms with E-state index in [1.54, 1.807) is 12.1 Å². The predicted octanol–water partition coefficient (Wildman–Crippen LogP) is 4.63. The lowest BCUT2D eigenvalue weighted by atomic mass is 9.68. The van der Waals surface area contributed by atoms with Crippen molar-refractivity contribution in [2.45, 2.75) is 11.8 Å². The van der Waals surface area contributed by atoms with Gasteiger partial charge in [0.1, 0.15) is 0 Å². The molecule has 1 aliphatic rings.